The Hall–Kier alpha value is -1.57. The van der Waals surface area contributed by atoms with Crippen molar-refractivity contribution in [2.24, 2.45) is 0 Å². The van der Waals surface area contributed by atoms with Gasteiger partial charge < -0.3 is 15.6 Å². The van der Waals surface area contributed by atoms with Crippen LogP contribution in [0.25, 0.3) is 0 Å². The van der Waals surface area contributed by atoms with Crippen LogP contribution in [0, 0.1) is 10.8 Å². The smallest absolute Gasteiger partial charge is 0.351 e. The number of aliphatic hydroxyl groups is 1. The fraction of sp³-hybridized carbons (Fsp3) is 0.455. The third-order valence-corrected chi connectivity index (χ3v) is 3.12. The molecule has 0 aliphatic carbocycles. The van der Waals surface area contributed by atoms with E-state index < -0.39 is 36.7 Å². The van der Waals surface area contributed by atoms with Crippen LogP contribution < -0.4 is 11.4 Å². The summed E-state index contributed by atoms with van der Waals surface area (Å²) in [5.41, 5.74) is 4.29. The van der Waals surface area contributed by atoms with E-state index in [4.69, 9.17) is 15.6 Å². The normalized spacial score (nSPS) is 27.2. The third kappa shape index (κ3) is 2.64. The first kappa shape index (κ1) is 15.8. The molecule has 0 spiro atoms. The third-order valence-electron chi connectivity index (χ3n) is 2.92. The second-order valence-corrected chi connectivity index (χ2v) is 4.63. The Morgan fingerprint density at radius 1 is 1.62 bits per heavy atom. The molecule has 0 radical (unpaired) electrons. The number of halogens is 4. The van der Waals surface area contributed by atoms with Crippen LogP contribution in [0.15, 0.2) is 11.0 Å². The molecule has 1 saturated heterocycles. The maximum absolute atomic E-state index is 13.8. The summed E-state index contributed by atoms with van der Waals surface area (Å²) in [6.45, 7) is -0.946. The van der Waals surface area contributed by atoms with Crippen LogP contribution in [0.2, 0.25) is 0 Å². The molecule has 21 heavy (non-hydrogen) atoms. The molecule has 2 heterocycles. The molecule has 0 saturated carbocycles. The maximum atomic E-state index is 13.8. The quantitative estimate of drug-likeness (QED) is 0.738. The molecule has 1 aliphatic heterocycles. The second-order valence-electron chi connectivity index (χ2n) is 4.23. The molecule has 1 aliphatic rings. The number of nitrogens with zero attached hydrogens (tertiary/aromatic N) is 2. The minimum Gasteiger partial charge on any atom is -0.394 e. The van der Waals surface area contributed by atoms with Gasteiger partial charge in [-0.2, -0.15) is 13.8 Å². The predicted molar refractivity (Wildman–Crippen MR) is 69.6 cm³/mol. The highest BCUT2D eigenvalue weighted by Crippen LogP contribution is 2.43. The van der Waals surface area contributed by atoms with E-state index in [9.17, 15) is 18.0 Å². The summed E-state index contributed by atoms with van der Waals surface area (Å²) in [7, 11) is 0. The Morgan fingerprint density at radius 3 is 2.81 bits per heavy atom. The van der Waals surface area contributed by atoms with Crippen molar-refractivity contribution in [3.63, 3.8) is 0 Å². The van der Waals surface area contributed by atoms with Crippen LogP contribution in [0.5, 0.6) is 0 Å². The van der Waals surface area contributed by atoms with E-state index >= 15 is 0 Å². The highest BCUT2D eigenvalue weighted by molar-refractivity contribution is 9.12. The number of nitrogen functional groups attached to an aromatic ring is 1. The molecule has 0 amide bonds. The summed E-state index contributed by atoms with van der Waals surface area (Å²) in [5.74, 6) is -1.85. The van der Waals surface area contributed by atoms with Crippen molar-refractivity contribution in [3.05, 3.63) is 22.2 Å². The van der Waals surface area contributed by atoms with Gasteiger partial charge in [0.2, 0.25) is 6.23 Å². The fourth-order valence-corrected chi connectivity index (χ4v) is 2.11. The number of aliphatic hydroxyl groups excluding tert-OH is 1. The van der Waals surface area contributed by atoms with Crippen LogP contribution in [0.3, 0.4) is 0 Å². The molecule has 10 heteroatoms. The lowest BCUT2D eigenvalue weighted by Gasteiger charge is -2.20. The van der Waals surface area contributed by atoms with E-state index in [1.165, 1.54) is 0 Å². The number of ether oxygens (including phenoxy) is 1. The first-order valence-electron chi connectivity index (χ1n) is 5.61. The van der Waals surface area contributed by atoms with Crippen molar-refractivity contribution in [3.8, 4) is 10.8 Å². The molecule has 114 valence electrons. The number of alkyl halides is 3. The van der Waals surface area contributed by atoms with Gasteiger partial charge in [0.15, 0.2) is 6.17 Å². The summed E-state index contributed by atoms with van der Waals surface area (Å²) in [5, 5.41) is 8.84. The average Bonchev–Trinajstić information content (AvgIpc) is 2.65. The molecule has 1 fully saturated rings. The van der Waals surface area contributed by atoms with Crippen LogP contribution in [0.1, 0.15) is 11.8 Å². The summed E-state index contributed by atoms with van der Waals surface area (Å²) >= 11 is 2.80. The Balaban J connectivity index is 2.53. The summed E-state index contributed by atoms with van der Waals surface area (Å²) in [4.78, 5) is 17.3. The summed E-state index contributed by atoms with van der Waals surface area (Å²) < 4.78 is 46.4. The topological polar surface area (TPSA) is 90.4 Å². The highest BCUT2D eigenvalue weighted by atomic mass is 79.9. The van der Waals surface area contributed by atoms with Crippen LogP contribution in [-0.4, -0.2) is 39.5 Å². The molecule has 2 rings (SSSR count). The van der Waals surface area contributed by atoms with E-state index in [-0.39, 0.29) is 11.4 Å². The van der Waals surface area contributed by atoms with Gasteiger partial charge >= 0.3 is 11.6 Å². The van der Waals surface area contributed by atoms with Crippen molar-refractivity contribution >= 4 is 21.7 Å². The van der Waals surface area contributed by atoms with Gasteiger partial charge in [0.05, 0.1) is 12.2 Å². The molecule has 0 bridgehead atoms. The predicted octanol–water partition coefficient (Wildman–Crippen LogP) is 0.393. The minimum absolute atomic E-state index is 0.00580. The maximum Gasteiger partial charge on any atom is 0.351 e. The summed E-state index contributed by atoms with van der Waals surface area (Å²) in [6.07, 6.45) is -5.81. The standard InChI is InChI=1S/C11H9BrF3N3O3/c12-2-1-5-3-18(10(20)17-8(5)16)9-11(14,15)7(13)6(4-19)21-9/h3,6-7,9,19H,4H2,(H2,16,17,20). The second kappa shape index (κ2) is 5.67. The van der Waals surface area contributed by atoms with Crippen LogP contribution >= 0.6 is 15.9 Å². The largest absolute Gasteiger partial charge is 0.394 e. The Kier molecular flexibility index (Phi) is 4.27. The van der Waals surface area contributed by atoms with Gasteiger partial charge in [-0.1, -0.05) is 0 Å². The number of nitrogens with two attached hydrogens (primary N) is 1. The number of anilines is 1. The summed E-state index contributed by atoms with van der Waals surface area (Å²) in [6, 6.07) is 0. The van der Waals surface area contributed by atoms with Crippen molar-refractivity contribution in [1.29, 1.82) is 0 Å². The van der Waals surface area contributed by atoms with Gasteiger partial charge in [0.1, 0.15) is 11.9 Å². The molecule has 0 aromatic carbocycles. The Bertz CT molecular complexity index is 670. The van der Waals surface area contributed by atoms with Crippen molar-refractivity contribution in [1.82, 2.24) is 9.55 Å². The molecule has 1 aromatic heterocycles. The Morgan fingerprint density at radius 2 is 2.29 bits per heavy atom. The molecule has 6 nitrogen and oxygen atoms in total. The number of aromatic nitrogens is 2. The van der Waals surface area contributed by atoms with E-state index in [2.05, 4.69) is 31.7 Å². The van der Waals surface area contributed by atoms with Gasteiger partial charge in [-0.05, 0) is 10.8 Å². The zero-order valence-corrected chi connectivity index (χ0v) is 11.8. The number of hydrogen-bond acceptors (Lipinski definition) is 5. The first-order chi connectivity index (χ1) is 9.82. The molecule has 3 unspecified atom stereocenters. The average molecular weight is 368 g/mol. The van der Waals surface area contributed by atoms with E-state index in [1.54, 1.807) is 0 Å². The molecular formula is C11H9BrF3N3O3. The lowest BCUT2D eigenvalue weighted by molar-refractivity contribution is -0.130. The molecule has 3 atom stereocenters. The first-order valence-corrected chi connectivity index (χ1v) is 6.40. The van der Waals surface area contributed by atoms with Gasteiger partial charge in [0.25, 0.3) is 0 Å². The highest BCUT2D eigenvalue weighted by Gasteiger charge is 2.60. The van der Waals surface area contributed by atoms with E-state index in [1.807, 2.05) is 0 Å². The number of hydrogen-bond donors (Lipinski definition) is 2. The molecular weight excluding hydrogens is 359 g/mol. The minimum atomic E-state index is -4.01. The van der Waals surface area contributed by atoms with Gasteiger partial charge in [-0.15, -0.1) is 0 Å². The van der Waals surface area contributed by atoms with E-state index in [0.717, 1.165) is 6.20 Å². The van der Waals surface area contributed by atoms with Crippen molar-refractivity contribution in [2.45, 2.75) is 24.4 Å². The Labute approximate surface area is 124 Å². The zero-order valence-electron chi connectivity index (χ0n) is 10.3. The van der Waals surface area contributed by atoms with Gasteiger partial charge in [0, 0.05) is 22.1 Å². The van der Waals surface area contributed by atoms with E-state index in [0.29, 0.717) is 4.57 Å². The lowest BCUT2D eigenvalue weighted by Crippen LogP contribution is -2.40. The van der Waals surface area contributed by atoms with Gasteiger partial charge in [-0.25, -0.2) is 9.18 Å². The molecule has 3 N–H and O–H groups in total. The van der Waals surface area contributed by atoms with Crippen molar-refractivity contribution in [2.75, 3.05) is 12.3 Å². The van der Waals surface area contributed by atoms with Crippen LogP contribution in [0.4, 0.5) is 19.0 Å². The fourth-order valence-electron chi connectivity index (χ4n) is 1.89. The lowest BCUT2D eigenvalue weighted by atomic mass is 10.1. The molecule has 1 aromatic rings. The van der Waals surface area contributed by atoms with Crippen molar-refractivity contribution < 1.29 is 23.0 Å². The zero-order chi connectivity index (χ0) is 15.8. The SMILES string of the molecule is Nc1nc(=O)n(C2OC(CO)C(F)C2(F)F)cc1C#CBr. The number of rotatable bonds is 2. The monoisotopic (exact) mass is 367 g/mol. The van der Waals surface area contributed by atoms with Gasteiger partial charge in [-0.3, -0.25) is 4.57 Å². The van der Waals surface area contributed by atoms with Crippen LogP contribution in [-0.2, 0) is 4.74 Å².